The third-order valence-corrected chi connectivity index (χ3v) is 4.94. The Kier molecular flexibility index (Phi) is 11.1. The minimum atomic E-state index is -0.487. The molecule has 0 aliphatic heterocycles. The number of non-ortho nitro benzene ring substituents is 1. The highest BCUT2D eigenvalue weighted by molar-refractivity contribution is 5.93. The summed E-state index contributed by atoms with van der Waals surface area (Å²) in [5.41, 5.74) is 6.74. The van der Waals surface area contributed by atoms with E-state index in [1.807, 2.05) is 0 Å². The van der Waals surface area contributed by atoms with E-state index in [4.69, 9.17) is 15.6 Å². The number of ether oxygens (including phenoxy) is 1. The molecule has 0 aliphatic carbocycles. The standard InChI is InChI=1S/C20H33N5O5/c21-16(14-26)15-29-13-9-7-5-3-1-2-4-6-8-12-22-17-10-11-18(25(27)28)20-19(17)23-30-24-20/h10-11,16,22,26H,1-9,12-15,21H2/t16-/m0/s1. The summed E-state index contributed by atoms with van der Waals surface area (Å²) in [4.78, 5) is 10.5. The van der Waals surface area contributed by atoms with Crippen LogP contribution in [0.4, 0.5) is 11.4 Å². The van der Waals surface area contributed by atoms with Crippen LogP contribution in [0.5, 0.6) is 0 Å². The maximum Gasteiger partial charge on any atom is 0.300 e. The zero-order valence-corrected chi connectivity index (χ0v) is 17.4. The lowest BCUT2D eigenvalue weighted by Gasteiger charge is -2.08. The Morgan fingerprint density at radius 3 is 2.37 bits per heavy atom. The second kappa shape index (κ2) is 13.8. The molecule has 1 heterocycles. The van der Waals surface area contributed by atoms with Gasteiger partial charge in [0.1, 0.15) is 0 Å². The summed E-state index contributed by atoms with van der Waals surface area (Å²) in [6.45, 7) is 1.89. The van der Waals surface area contributed by atoms with Crippen LogP contribution in [0.15, 0.2) is 16.8 Å². The number of benzene rings is 1. The average molecular weight is 424 g/mol. The molecule has 0 fully saturated rings. The van der Waals surface area contributed by atoms with E-state index >= 15 is 0 Å². The molecule has 10 nitrogen and oxygen atoms in total. The summed E-state index contributed by atoms with van der Waals surface area (Å²) < 4.78 is 10.1. The van der Waals surface area contributed by atoms with Gasteiger partial charge < -0.3 is 20.9 Å². The molecule has 4 N–H and O–H groups in total. The Bertz CT molecular complexity index is 754. The first-order valence-electron chi connectivity index (χ1n) is 10.7. The molecule has 0 amide bonds. The van der Waals surface area contributed by atoms with E-state index < -0.39 is 4.92 Å². The molecule has 0 aliphatic rings. The van der Waals surface area contributed by atoms with Crippen LogP contribution in [0, 0.1) is 10.1 Å². The van der Waals surface area contributed by atoms with Gasteiger partial charge in [-0.3, -0.25) is 10.1 Å². The van der Waals surface area contributed by atoms with Crippen LogP contribution < -0.4 is 11.1 Å². The van der Waals surface area contributed by atoms with Crippen molar-refractivity contribution in [2.45, 2.75) is 63.8 Å². The van der Waals surface area contributed by atoms with Gasteiger partial charge in [-0.15, -0.1) is 0 Å². The molecular weight excluding hydrogens is 390 g/mol. The van der Waals surface area contributed by atoms with Crippen LogP contribution in [0.25, 0.3) is 11.0 Å². The zero-order valence-electron chi connectivity index (χ0n) is 17.4. The van der Waals surface area contributed by atoms with Crippen molar-refractivity contribution in [2.75, 3.05) is 31.7 Å². The lowest BCUT2D eigenvalue weighted by molar-refractivity contribution is -0.383. The van der Waals surface area contributed by atoms with Crippen LogP contribution in [-0.2, 0) is 4.74 Å². The first-order valence-corrected chi connectivity index (χ1v) is 10.7. The van der Waals surface area contributed by atoms with Gasteiger partial charge in [0.05, 0.1) is 29.9 Å². The number of rotatable bonds is 17. The number of unbranched alkanes of at least 4 members (excludes halogenated alkanes) is 8. The van der Waals surface area contributed by atoms with E-state index in [1.54, 1.807) is 6.07 Å². The average Bonchev–Trinajstić information content (AvgIpc) is 3.23. The molecule has 1 aromatic heterocycles. The number of aliphatic hydroxyl groups excluding tert-OH is 1. The monoisotopic (exact) mass is 423 g/mol. The van der Waals surface area contributed by atoms with Crippen LogP contribution in [0.1, 0.15) is 57.8 Å². The van der Waals surface area contributed by atoms with Crippen LogP contribution in [-0.4, -0.2) is 52.8 Å². The molecule has 30 heavy (non-hydrogen) atoms. The van der Waals surface area contributed by atoms with Crippen molar-refractivity contribution in [1.82, 2.24) is 10.3 Å². The fraction of sp³-hybridized carbons (Fsp3) is 0.700. The van der Waals surface area contributed by atoms with Gasteiger partial charge in [0.25, 0.3) is 0 Å². The summed E-state index contributed by atoms with van der Waals surface area (Å²) in [5, 5.41) is 30.5. The Morgan fingerprint density at radius 2 is 1.70 bits per heavy atom. The molecule has 10 heteroatoms. The fourth-order valence-corrected chi connectivity index (χ4v) is 3.22. The molecule has 1 atom stereocenters. The summed E-state index contributed by atoms with van der Waals surface area (Å²) in [6, 6.07) is 2.80. The van der Waals surface area contributed by atoms with Crippen molar-refractivity contribution in [1.29, 1.82) is 0 Å². The molecule has 0 bridgehead atoms. The Morgan fingerprint density at radius 1 is 1.07 bits per heavy atom. The van der Waals surface area contributed by atoms with Gasteiger partial charge in [0.15, 0.2) is 5.52 Å². The molecule has 1 aromatic carbocycles. The molecule has 168 valence electrons. The van der Waals surface area contributed by atoms with E-state index in [0.717, 1.165) is 25.8 Å². The topological polar surface area (TPSA) is 150 Å². The van der Waals surface area contributed by atoms with Gasteiger partial charge in [-0.1, -0.05) is 44.9 Å². The van der Waals surface area contributed by atoms with Crippen molar-refractivity contribution in [2.24, 2.45) is 5.73 Å². The number of nitrogens with two attached hydrogens (primary N) is 1. The molecule has 2 rings (SSSR count). The second-order valence-corrected chi connectivity index (χ2v) is 7.48. The van der Waals surface area contributed by atoms with Gasteiger partial charge in [-0.2, -0.15) is 0 Å². The molecule has 0 spiro atoms. The van der Waals surface area contributed by atoms with Gasteiger partial charge in [0.2, 0.25) is 5.52 Å². The van der Waals surface area contributed by atoms with Crippen molar-refractivity contribution in [3.63, 3.8) is 0 Å². The molecule has 0 saturated carbocycles. The number of aliphatic hydroxyl groups is 1. The Balaban J connectivity index is 1.46. The number of fused-ring (bicyclic) bond motifs is 1. The van der Waals surface area contributed by atoms with Gasteiger partial charge in [-0.25, -0.2) is 4.63 Å². The van der Waals surface area contributed by atoms with Gasteiger partial charge >= 0.3 is 5.69 Å². The van der Waals surface area contributed by atoms with Crippen molar-refractivity contribution in [3.05, 3.63) is 22.2 Å². The number of nitrogens with one attached hydrogen (secondary N) is 1. The molecule has 0 unspecified atom stereocenters. The number of hydrogen-bond acceptors (Lipinski definition) is 9. The molecule has 0 radical (unpaired) electrons. The molecule has 2 aromatic rings. The minimum Gasteiger partial charge on any atom is -0.395 e. The van der Waals surface area contributed by atoms with E-state index in [1.165, 1.54) is 44.6 Å². The van der Waals surface area contributed by atoms with Crippen molar-refractivity contribution < 1.29 is 19.4 Å². The highest BCUT2D eigenvalue weighted by Crippen LogP contribution is 2.28. The smallest absolute Gasteiger partial charge is 0.300 e. The van der Waals surface area contributed by atoms with Crippen LogP contribution in [0.2, 0.25) is 0 Å². The third-order valence-electron chi connectivity index (χ3n) is 4.94. The van der Waals surface area contributed by atoms with E-state index in [9.17, 15) is 10.1 Å². The SMILES string of the molecule is N[C@@H](CO)COCCCCCCCCCCCNc1ccc([N+](=O)[O-])c2nonc12. The van der Waals surface area contributed by atoms with Crippen molar-refractivity contribution >= 4 is 22.4 Å². The third kappa shape index (κ3) is 8.21. The zero-order chi connectivity index (χ0) is 21.6. The number of aromatic nitrogens is 2. The Hall–Kier alpha value is -2.30. The van der Waals surface area contributed by atoms with E-state index in [-0.39, 0.29) is 23.9 Å². The lowest BCUT2D eigenvalue weighted by atomic mass is 10.1. The minimum absolute atomic E-state index is 0.0317. The predicted molar refractivity (Wildman–Crippen MR) is 114 cm³/mol. The number of anilines is 1. The normalized spacial score (nSPS) is 12.3. The first kappa shape index (κ1) is 24.0. The molecule has 0 saturated heterocycles. The summed E-state index contributed by atoms with van der Waals surface area (Å²) in [6.07, 6.45) is 10.5. The van der Waals surface area contributed by atoms with Crippen LogP contribution >= 0.6 is 0 Å². The second-order valence-electron chi connectivity index (χ2n) is 7.48. The highest BCUT2D eigenvalue weighted by atomic mass is 16.6. The summed E-state index contributed by atoms with van der Waals surface area (Å²) in [7, 11) is 0. The van der Waals surface area contributed by atoms with Crippen molar-refractivity contribution in [3.8, 4) is 0 Å². The largest absolute Gasteiger partial charge is 0.395 e. The molecular formula is C20H33N5O5. The maximum atomic E-state index is 11.0. The maximum absolute atomic E-state index is 11.0. The lowest BCUT2D eigenvalue weighted by Crippen LogP contribution is -2.30. The predicted octanol–water partition coefficient (Wildman–Crippen LogP) is 3.39. The quantitative estimate of drug-likeness (QED) is 0.198. The van der Waals surface area contributed by atoms with Crippen LogP contribution in [0.3, 0.4) is 0 Å². The van der Waals surface area contributed by atoms with E-state index in [2.05, 4.69) is 20.3 Å². The number of nitrogens with zero attached hydrogens (tertiary/aromatic N) is 3. The first-order chi connectivity index (χ1) is 14.6. The van der Waals surface area contributed by atoms with Gasteiger partial charge in [-0.05, 0) is 29.2 Å². The fourth-order valence-electron chi connectivity index (χ4n) is 3.22. The summed E-state index contributed by atoms with van der Waals surface area (Å²) in [5.74, 6) is 0. The number of nitro benzene ring substituents is 1. The number of hydrogen-bond donors (Lipinski definition) is 3. The Labute approximate surface area is 176 Å². The highest BCUT2D eigenvalue weighted by Gasteiger charge is 2.19. The van der Waals surface area contributed by atoms with E-state index in [0.29, 0.717) is 24.4 Å². The van der Waals surface area contributed by atoms with Gasteiger partial charge in [0, 0.05) is 19.2 Å². The number of nitro groups is 1. The summed E-state index contributed by atoms with van der Waals surface area (Å²) >= 11 is 0.